The zero-order valence-corrected chi connectivity index (χ0v) is 6.46. The third kappa shape index (κ3) is 5.02. The van der Waals surface area contributed by atoms with Gasteiger partial charge in [-0.05, 0) is 25.5 Å². The fourth-order valence-electron chi connectivity index (χ4n) is 0.531. The van der Waals surface area contributed by atoms with Crippen molar-refractivity contribution in [1.82, 2.24) is 4.98 Å². The Morgan fingerprint density at radius 1 is 1.45 bits per heavy atom. The van der Waals surface area contributed by atoms with E-state index < -0.39 is 6.16 Å². The molecule has 3 N–H and O–H groups in total. The quantitative estimate of drug-likeness (QED) is 0.538. The van der Waals surface area contributed by atoms with E-state index >= 15 is 0 Å². The monoisotopic (exact) mass is 157 g/mol. The number of hydrogen-bond acceptors (Lipinski definition) is 1. The number of nitrogens with one attached hydrogen (secondary N) is 1. The smallest absolute Gasteiger partial charge is 0.450 e. The molecule has 0 fully saturated rings. The Bertz CT molecular complexity index is 209. The highest BCUT2D eigenvalue weighted by Crippen LogP contribution is 1.99. The standard InChI is InChI=1S/C6H9N.CH2O3/c1-5-3-4-7-6(5)2;2-1(3)4/h3-4,7H,1-2H3;(H2,2,3,4). The van der Waals surface area contributed by atoms with Gasteiger partial charge in [-0.3, -0.25) is 0 Å². The Balaban J connectivity index is 0.000000218. The summed E-state index contributed by atoms with van der Waals surface area (Å²) in [5.41, 5.74) is 2.60. The lowest BCUT2D eigenvalue weighted by Crippen LogP contribution is -1.81. The van der Waals surface area contributed by atoms with Crippen LogP contribution in [0, 0.1) is 13.8 Å². The molecule has 0 aromatic carbocycles. The number of carbonyl (C=O) groups is 1. The number of H-pyrrole nitrogens is 1. The van der Waals surface area contributed by atoms with Gasteiger partial charge in [0.25, 0.3) is 0 Å². The Labute approximate surface area is 64.5 Å². The lowest BCUT2D eigenvalue weighted by atomic mass is 10.3. The van der Waals surface area contributed by atoms with Crippen LogP contribution in [0.3, 0.4) is 0 Å². The zero-order chi connectivity index (χ0) is 8.85. The lowest BCUT2D eigenvalue weighted by molar-refractivity contribution is 0.137. The fourth-order valence-corrected chi connectivity index (χ4v) is 0.531. The van der Waals surface area contributed by atoms with Gasteiger partial charge in [0.15, 0.2) is 0 Å². The molecule has 1 rings (SSSR count). The van der Waals surface area contributed by atoms with E-state index in [4.69, 9.17) is 15.0 Å². The molecule has 62 valence electrons. The Hall–Kier alpha value is -1.45. The van der Waals surface area contributed by atoms with E-state index in [1.54, 1.807) is 0 Å². The van der Waals surface area contributed by atoms with E-state index in [-0.39, 0.29) is 0 Å². The summed E-state index contributed by atoms with van der Waals surface area (Å²) < 4.78 is 0. The third-order valence-corrected chi connectivity index (χ3v) is 1.22. The maximum absolute atomic E-state index is 8.56. The molecule has 0 spiro atoms. The van der Waals surface area contributed by atoms with Crippen molar-refractivity contribution in [1.29, 1.82) is 0 Å². The lowest BCUT2D eigenvalue weighted by Gasteiger charge is -1.81. The number of hydrogen-bond donors (Lipinski definition) is 3. The molecule has 1 heterocycles. The Morgan fingerprint density at radius 2 is 1.91 bits per heavy atom. The normalized spacial score (nSPS) is 8.18. The summed E-state index contributed by atoms with van der Waals surface area (Å²) in [6, 6.07) is 2.06. The number of aryl methyl sites for hydroxylation is 2. The van der Waals surface area contributed by atoms with Crippen LogP contribution in [0.1, 0.15) is 11.3 Å². The van der Waals surface area contributed by atoms with Crippen LogP contribution in [-0.4, -0.2) is 21.4 Å². The fraction of sp³-hybridized carbons (Fsp3) is 0.286. The predicted octanol–water partition coefficient (Wildman–Crippen LogP) is 1.85. The molecule has 11 heavy (non-hydrogen) atoms. The number of rotatable bonds is 0. The topological polar surface area (TPSA) is 73.3 Å². The molecule has 0 radical (unpaired) electrons. The molecule has 1 aromatic rings. The zero-order valence-electron chi connectivity index (χ0n) is 6.46. The number of aromatic amines is 1. The van der Waals surface area contributed by atoms with Crippen LogP contribution >= 0.6 is 0 Å². The number of carboxylic acid groups (broad SMARTS) is 2. The summed E-state index contributed by atoms with van der Waals surface area (Å²) in [5.74, 6) is 0. The van der Waals surface area contributed by atoms with Gasteiger partial charge in [0.2, 0.25) is 0 Å². The van der Waals surface area contributed by atoms with Gasteiger partial charge in [-0.1, -0.05) is 0 Å². The SMILES string of the molecule is Cc1cc[nH]c1C.O=C(O)O. The van der Waals surface area contributed by atoms with Crippen molar-refractivity contribution >= 4 is 6.16 Å². The summed E-state index contributed by atoms with van der Waals surface area (Å²) in [5, 5.41) is 13.9. The summed E-state index contributed by atoms with van der Waals surface area (Å²) >= 11 is 0. The van der Waals surface area contributed by atoms with Crippen molar-refractivity contribution < 1.29 is 15.0 Å². The van der Waals surface area contributed by atoms with Crippen LogP contribution in [0.2, 0.25) is 0 Å². The number of aromatic nitrogens is 1. The minimum atomic E-state index is -1.83. The Kier molecular flexibility index (Phi) is 3.80. The van der Waals surface area contributed by atoms with Crippen LogP contribution in [0.4, 0.5) is 4.79 Å². The van der Waals surface area contributed by atoms with E-state index in [1.807, 2.05) is 6.20 Å². The van der Waals surface area contributed by atoms with Crippen molar-refractivity contribution in [2.24, 2.45) is 0 Å². The van der Waals surface area contributed by atoms with Crippen molar-refractivity contribution in [2.75, 3.05) is 0 Å². The molecule has 0 unspecified atom stereocenters. The first-order chi connectivity index (χ1) is 5.04. The van der Waals surface area contributed by atoms with E-state index in [1.165, 1.54) is 11.3 Å². The van der Waals surface area contributed by atoms with Crippen LogP contribution < -0.4 is 0 Å². The van der Waals surface area contributed by atoms with Crippen molar-refractivity contribution in [3.63, 3.8) is 0 Å². The summed E-state index contributed by atoms with van der Waals surface area (Å²) in [6.07, 6.45) is 0.116. The largest absolute Gasteiger partial charge is 0.503 e. The second-order valence-corrected chi connectivity index (χ2v) is 2.07. The molecular formula is C7H11NO3. The minimum absolute atomic E-state index is 1.26. The van der Waals surface area contributed by atoms with E-state index in [2.05, 4.69) is 24.9 Å². The van der Waals surface area contributed by atoms with Crippen LogP contribution in [0.15, 0.2) is 12.3 Å². The van der Waals surface area contributed by atoms with Gasteiger partial charge in [-0.25, -0.2) is 4.79 Å². The van der Waals surface area contributed by atoms with E-state index in [0.29, 0.717) is 0 Å². The highest BCUT2D eigenvalue weighted by Gasteiger charge is 1.85. The van der Waals surface area contributed by atoms with E-state index in [9.17, 15) is 0 Å². The molecule has 0 bridgehead atoms. The second-order valence-electron chi connectivity index (χ2n) is 2.07. The average Bonchev–Trinajstić information content (AvgIpc) is 2.15. The van der Waals surface area contributed by atoms with Gasteiger partial charge in [0.1, 0.15) is 0 Å². The van der Waals surface area contributed by atoms with Gasteiger partial charge in [-0.2, -0.15) is 0 Å². The van der Waals surface area contributed by atoms with Crippen LogP contribution in [0.25, 0.3) is 0 Å². The molecule has 0 atom stereocenters. The van der Waals surface area contributed by atoms with Gasteiger partial charge >= 0.3 is 6.16 Å². The third-order valence-electron chi connectivity index (χ3n) is 1.22. The van der Waals surface area contributed by atoms with Gasteiger partial charge in [0, 0.05) is 11.9 Å². The molecule has 0 saturated carbocycles. The molecule has 4 heteroatoms. The highest BCUT2D eigenvalue weighted by molar-refractivity contribution is 5.53. The van der Waals surface area contributed by atoms with E-state index in [0.717, 1.165) is 0 Å². The summed E-state index contributed by atoms with van der Waals surface area (Å²) in [6.45, 7) is 4.15. The first-order valence-electron chi connectivity index (χ1n) is 3.06. The average molecular weight is 157 g/mol. The first-order valence-corrected chi connectivity index (χ1v) is 3.06. The first kappa shape index (κ1) is 9.55. The van der Waals surface area contributed by atoms with Gasteiger partial charge < -0.3 is 15.2 Å². The molecule has 0 saturated heterocycles. The van der Waals surface area contributed by atoms with Gasteiger partial charge in [-0.15, -0.1) is 0 Å². The van der Waals surface area contributed by atoms with Crippen molar-refractivity contribution in [3.8, 4) is 0 Å². The molecule has 0 amide bonds. The molecule has 1 aromatic heterocycles. The molecule has 4 nitrogen and oxygen atoms in total. The maximum atomic E-state index is 8.56. The van der Waals surface area contributed by atoms with Crippen molar-refractivity contribution in [3.05, 3.63) is 23.5 Å². The molecule has 0 aliphatic rings. The maximum Gasteiger partial charge on any atom is 0.503 e. The second kappa shape index (κ2) is 4.38. The summed E-state index contributed by atoms with van der Waals surface area (Å²) in [4.78, 5) is 11.6. The molecule has 0 aliphatic carbocycles. The molecule has 0 aliphatic heterocycles. The Morgan fingerprint density at radius 3 is 2.00 bits per heavy atom. The van der Waals surface area contributed by atoms with Crippen LogP contribution in [-0.2, 0) is 0 Å². The molecular weight excluding hydrogens is 146 g/mol. The van der Waals surface area contributed by atoms with Crippen LogP contribution in [0.5, 0.6) is 0 Å². The van der Waals surface area contributed by atoms with Gasteiger partial charge in [0.05, 0.1) is 0 Å². The van der Waals surface area contributed by atoms with Crippen molar-refractivity contribution in [2.45, 2.75) is 13.8 Å². The minimum Gasteiger partial charge on any atom is -0.450 e. The summed E-state index contributed by atoms with van der Waals surface area (Å²) in [7, 11) is 0. The highest BCUT2D eigenvalue weighted by atomic mass is 16.6. The predicted molar refractivity (Wildman–Crippen MR) is 40.9 cm³/mol.